The molecule has 2 atom stereocenters. The van der Waals surface area contributed by atoms with E-state index in [1.165, 1.54) is 23.9 Å². The van der Waals surface area contributed by atoms with Gasteiger partial charge in [-0.1, -0.05) is 12.1 Å². The Bertz CT molecular complexity index is 1250. The van der Waals surface area contributed by atoms with E-state index in [1.54, 1.807) is 40.1 Å². The molecule has 9 nitrogen and oxygen atoms in total. The molecule has 0 bridgehead atoms. The third-order valence-corrected chi connectivity index (χ3v) is 8.05. The number of aryl methyl sites for hydroxylation is 1. The molecule has 4 rings (SSSR count). The molecule has 0 N–H and O–H groups in total. The predicted molar refractivity (Wildman–Crippen MR) is 158 cm³/mol. The number of thioether (sulfide) groups is 1. The number of carbonyl (C=O) groups excluding carboxylic acids is 3. The summed E-state index contributed by atoms with van der Waals surface area (Å²) in [5, 5.41) is -0.263. The van der Waals surface area contributed by atoms with Crippen molar-refractivity contribution in [3.05, 3.63) is 65.0 Å². The molecular formula is C31H39FN2O7S. The quantitative estimate of drug-likeness (QED) is 0.251. The van der Waals surface area contributed by atoms with E-state index in [-0.39, 0.29) is 42.3 Å². The fourth-order valence-corrected chi connectivity index (χ4v) is 5.99. The van der Waals surface area contributed by atoms with Gasteiger partial charge in [-0.05, 0) is 75.6 Å². The van der Waals surface area contributed by atoms with Crippen LogP contribution in [0.4, 0.5) is 14.9 Å². The second-order valence-electron chi connectivity index (χ2n) is 11.4. The summed E-state index contributed by atoms with van der Waals surface area (Å²) in [5.74, 6) is -0.253. The predicted octanol–water partition coefficient (Wildman–Crippen LogP) is 5.36. The smallest absolute Gasteiger partial charge is 0.410 e. The summed E-state index contributed by atoms with van der Waals surface area (Å²) in [6, 6.07) is 11.2. The van der Waals surface area contributed by atoms with Crippen molar-refractivity contribution in [2.45, 2.75) is 45.1 Å². The van der Waals surface area contributed by atoms with Crippen molar-refractivity contribution >= 4 is 35.4 Å². The topological polar surface area (TPSA) is 94.6 Å². The third-order valence-electron chi connectivity index (χ3n) is 6.84. The zero-order valence-corrected chi connectivity index (χ0v) is 25.4. The highest BCUT2D eigenvalue weighted by Gasteiger charge is 2.35. The van der Waals surface area contributed by atoms with Gasteiger partial charge in [0.2, 0.25) is 5.91 Å². The Morgan fingerprint density at radius 3 is 2.45 bits per heavy atom. The molecule has 228 valence electrons. The average Bonchev–Trinajstić information content (AvgIpc) is 3.56. The van der Waals surface area contributed by atoms with Crippen molar-refractivity contribution in [3.8, 4) is 0 Å². The number of likely N-dealkylation sites (tertiary alicyclic amines) is 1. The molecule has 11 heteroatoms. The number of anilines is 1. The van der Waals surface area contributed by atoms with E-state index in [2.05, 4.69) is 0 Å². The fraction of sp³-hybridized carbons (Fsp3) is 0.516. The van der Waals surface area contributed by atoms with Gasteiger partial charge in [0.25, 0.3) is 0 Å². The largest absolute Gasteiger partial charge is 0.460 e. The van der Waals surface area contributed by atoms with Gasteiger partial charge in [0.05, 0.1) is 37.7 Å². The number of halogens is 1. The molecule has 2 aromatic carbocycles. The molecular weight excluding hydrogens is 563 g/mol. The molecule has 2 fully saturated rings. The fourth-order valence-electron chi connectivity index (χ4n) is 4.82. The summed E-state index contributed by atoms with van der Waals surface area (Å²) in [6.07, 6.45) is 0.587. The molecule has 2 aliphatic heterocycles. The Morgan fingerprint density at radius 1 is 1.02 bits per heavy atom. The number of carbonyl (C=O) groups is 3. The number of esters is 1. The Kier molecular flexibility index (Phi) is 10.9. The SMILES string of the molecule is Cc1cc(C(=O)OCCOCCOCC2CCN(C(=O)OC(C)(C)C)C2)ccc1N1C(=O)CSC1c1ccc(F)cc1. The molecule has 0 saturated carbocycles. The summed E-state index contributed by atoms with van der Waals surface area (Å²) in [6.45, 7) is 10.3. The van der Waals surface area contributed by atoms with Gasteiger partial charge in [-0.3, -0.25) is 9.69 Å². The van der Waals surface area contributed by atoms with Crippen molar-refractivity contribution in [3.63, 3.8) is 0 Å². The van der Waals surface area contributed by atoms with Gasteiger partial charge in [-0.25, -0.2) is 14.0 Å². The highest BCUT2D eigenvalue weighted by atomic mass is 32.2. The highest BCUT2D eigenvalue weighted by molar-refractivity contribution is 8.00. The number of rotatable bonds is 11. The minimum atomic E-state index is -0.507. The standard InChI is InChI=1S/C31H39FN2O7S/c1-21-17-24(7-10-26(21)34-27(35)20-42-28(34)23-5-8-25(32)9-6-23)29(36)40-16-15-38-13-14-39-19-22-11-12-33(18-22)30(37)41-31(2,3)4/h5-10,17,22,28H,11-16,18-20H2,1-4H3. The van der Waals surface area contributed by atoms with Crippen LogP contribution in [0.15, 0.2) is 42.5 Å². The number of hydrogen-bond acceptors (Lipinski definition) is 8. The lowest BCUT2D eigenvalue weighted by atomic mass is 10.1. The zero-order valence-electron chi connectivity index (χ0n) is 24.6. The molecule has 0 spiro atoms. The van der Waals surface area contributed by atoms with E-state index >= 15 is 0 Å². The minimum Gasteiger partial charge on any atom is -0.460 e. The summed E-state index contributed by atoms with van der Waals surface area (Å²) in [4.78, 5) is 40.9. The first-order valence-electron chi connectivity index (χ1n) is 14.1. The average molecular weight is 603 g/mol. The van der Waals surface area contributed by atoms with E-state index in [9.17, 15) is 18.8 Å². The van der Waals surface area contributed by atoms with Crippen LogP contribution in [0, 0.1) is 18.7 Å². The van der Waals surface area contributed by atoms with Gasteiger partial charge in [0, 0.05) is 24.7 Å². The van der Waals surface area contributed by atoms with Crippen LogP contribution in [0.3, 0.4) is 0 Å². The van der Waals surface area contributed by atoms with E-state index < -0.39 is 11.6 Å². The van der Waals surface area contributed by atoms with E-state index in [0.29, 0.717) is 49.9 Å². The summed E-state index contributed by atoms with van der Waals surface area (Å²) in [5.41, 5.74) is 2.18. The van der Waals surface area contributed by atoms with Crippen molar-refractivity contribution in [1.29, 1.82) is 0 Å². The molecule has 2 amide bonds. The maximum Gasteiger partial charge on any atom is 0.410 e. The van der Waals surface area contributed by atoms with Crippen LogP contribution in [0.5, 0.6) is 0 Å². The van der Waals surface area contributed by atoms with Crippen molar-refractivity contribution < 1.29 is 37.7 Å². The van der Waals surface area contributed by atoms with Crippen molar-refractivity contribution in [2.75, 3.05) is 56.8 Å². The van der Waals surface area contributed by atoms with Crippen LogP contribution in [-0.2, 0) is 23.7 Å². The lowest BCUT2D eigenvalue weighted by Gasteiger charge is -2.26. The number of ether oxygens (including phenoxy) is 4. The summed E-state index contributed by atoms with van der Waals surface area (Å²) < 4.78 is 35.4. The zero-order chi connectivity index (χ0) is 30.3. The normalized spacial score (nSPS) is 18.9. The first-order valence-corrected chi connectivity index (χ1v) is 15.2. The molecule has 2 aliphatic rings. The molecule has 0 aromatic heterocycles. The molecule has 2 unspecified atom stereocenters. The Balaban J connectivity index is 1.14. The van der Waals surface area contributed by atoms with Crippen LogP contribution < -0.4 is 4.90 Å². The third kappa shape index (κ3) is 8.68. The van der Waals surface area contributed by atoms with Gasteiger partial charge in [-0.15, -0.1) is 11.8 Å². The maximum absolute atomic E-state index is 13.4. The first kappa shape index (κ1) is 31.8. The first-order chi connectivity index (χ1) is 20.0. The second-order valence-corrected chi connectivity index (χ2v) is 12.5. The number of amides is 2. The highest BCUT2D eigenvalue weighted by Crippen LogP contribution is 2.42. The lowest BCUT2D eigenvalue weighted by molar-refractivity contribution is -0.115. The van der Waals surface area contributed by atoms with Crippen LogP contribution in [-0.4, -0.2) is 80.3 Å². The van der Waals surface area contributed by atoms with Gasteiger partial charge in [0.1, 0.15) is 23.4 Å². The van der Waals surface area contributed by atoms with Crippen molar-refractivity contribution in [1.82, 2.24) is 4.90 Å². The molecule has 0 radical (unpaired) electrons. The van der Waals surface area contributed by atoms with Crippen molar-refractivity contribution in [2.24, 2.45) is 5.92 Å². The molecule has 42 heavy (non-hydrogen) atoms. The van der Waals surface area contributed by atoms with Gasteiger partial charge < -0.3 is 23.8 Å². The lowest BCUT2D eigenvalue weighted by Crippen LogP contribution is -2.35. The molecule has 2 heterocycles. The van der Waals surface area contributed by atoms with E-state index in [0.717, 1.165) is 17.5 Å². The minimum absolute atomic E-state index is 0.0418. The molecule has 0 aliphatic carbocycles. The number of hydrogen-bond donors (Lipinski definition) is 0. The molecule has 2 aromatic rings. The van der Waals surface area contributed by atoms with Crippen LogP contribution in [0.25, 0.3) is 0 Å². The van der Waals surface area contributed by atoms with Gasteiger partial charge in [-0.2, -0.15) is 0 Å². The van der Waals surface area contributed by atoms with E-state index in [4.69, 9.17) is 18.9 Å². The Hall–Kier alpha value is -3.15. The van der Waals surface area contributed by atoms with Gasteiger partial charge >= 0.3 is 12.1 Å². The second kappa shape index (κ2) is 14.3. The van der Waals surface area contributed by atoms with E-state index in [1.807, 2.05) is 27.7 Å². The number of nitrogens with zero attached hydrogens (tertiary/aromatic N) is 2. The monoisotopic (exact) mass is 602 g/mol. The van der Waals surface area contributed by atoms with Crippen LogP contribution in [0.1, 0.15) is 54.1 Å². The molecule has 2 saturated heterocycles. The van der Waals surface area contributed by atoms with Crippen LogP contribution in [0.2, 0.25) is 0 Å². The summed E-state index contributed by atoms with van der Waals surface area (Å²) in [7, 11) is 0. The van der Waals surface area contributed by atoms with Gasteiger partial charge in [0.15, 0.2) is 0 Å². The summed E-state index contributed by atoms with van der Waals surface area (Å²) >= 11 is 1.48. The Labute approximate surface area is 250 Å². The maximum atomic E-state index is 13.4. The van der Waals surface area contributed by atoms with Crippen LogP contribution >= 0.6 is 11.8 Å². The number of benzene rings is 2. The Morgan fingerprint density at radius 2 is 1.74 bits per heavy atom.